The van der Waals surface area contributed by atoms with Gasteiger partial charge in [-0.3, -0.25) is 0 Å². The van der Waals surface area contributed by atoms with Gasteiger partial charge in [-0.2, -0.15) is 17.4 Å². The van der Waals surface area contributed by atoms with E-state index in [0.29, 0.717) is 19.0 Å². The molecule has 118 valence electrons. The Balaban J connectivity index is 1.87. The van der Waals surface area contributed by atoms with Crippen molar-refractivity contribution in [1.82, 2.24) is 9.03 Å². The van der Waals surface area contributed by atoms with Crippen LogP contribution in [0.1, 0.15) is 32.3 Å². The van der Waals surface area contributed by atoms with Gasteiger partial charge in [0.15, 0.2) is 0 Å². The van der Waals surface area contributed by atoms with Crippen molar-refractivity contribution < 1.29 is 12.8 Å². The zero-order valence-corrected chi connectivity index (χ0v) is 13.4. The summed E-state index contributed by atoms with van der Waals surface area (Å²) in [7, 11) is -3.35. The summed E-state index contributed by atoms with van der Waals surface area (Å²) in [6.07, 6.45) is 2.57. The minimum atomic E-state index is -3.35. The maximum Gasteiger partial charge on any atom is 0.279 e. The highest BCUT2D eigenvalue weighted by Gasteiger charge is 2.28. The first-order valence-electron chi connectivity index (χ1n) is 7.38. The van der Waals surface area contributed by atoms with Crippen LogP contribution in [-0.2, 0) is 16.6 Å². The average molecular weight is 314 g/mol. The Bertz CT molecular complexity index is 550. The zero-order chi connectivity index (χ0) is 15.5. The van der Waals surface area contributed by atoms with Gasteiger partial charge in [-0.25, -0.2) is 4.39 Å². The Hall–Kier alpha value is -0.980. The smallest absolute Gasteiger partial charge is 0.207 e. The Morgan fingerprint density at radius 3 is 2.33 bits per heavy atom. The number of nitrogens with zero attached hydrogens (tertiary/aromatic N) is 1. The van der Waals surface area contributed by atoms with Gasteiger partial charge in [-0.1, -0.05) is 12.1 Å². The first-order valence-corrected chi connectivity index (χ1v) is 8.82. The monoisotopic (exact) mass is 314 g/mol. The van der Waals surface area contributed by atoms with Crippen LogP contribution < -0.4 is 4.72 Å². The zero-order valence-electron chi connectivity index (χ0n) is 12.5. The highest BCUT2D eigenvalue weighted by molar-refractivity contribution is 7.87. The molecule has 1 aliphatic heterocycles. The van der Waals surface area contributed by atoms with Crippen molar-refractivity contribution in [3.8, 4) is 0 Å². The van der Waals surface area contributed by atoms with E-state index in [1.54, 1.807) is 12.1 Å². The largest absolute Gasteiger partial charge is 0.279 e. The van der Waals surface area contributed by atoms with E-state index in [4.69, 9.17) is 0 Å². The van der Waals surface area contributed by atoms with Crippen LogP contribution in [-0.4, -0.2) is 31.9 Å². The topological polar surface area (TPSA) is 49.4 Å². The molecule has 1 fully saturated rings. The first kappa shape index (κ1) is 16.4. The van der Waals surface area contributed by atoms with Crippen molar-refractivity contribution in [3.63, 3.8) is 0 Å². The van der Waals surface area contributed by atoms with Gasteiger partial charge in [0, 0.05) is 19.1 Å². The lowest BCUT2D eigenvalue weighted by molar-refractivity contribution is 0.269. The number of nitrogens with one attached hydrogen (secondary N) is 1. The molecule has 1 N–H and O–H groups in total. The summed E-state index contributed by atoms with van der Waals surface area (Å²) in [5.41, 5.74) is 1.11. The van der Waals surface area contributed by atoms with E-state index in [-0.39, 0.29) is 11.9 Å². The minimum absolute atomic E-state index is 0.0908. The third-order valence-electron chi connectivity index (χ3n) is 3.74. The van der Waals surface area contributed by atoms with Crippen molar-refractivity contribution in [2.75, 3.05) is 13.1 Å². The first-order chi connectivity index (χ1) is 9.87. The molecule has 0 atom stereocenters. The number of piperidine rings is 1. The molecule has 21 heavy (non-hydrogen) atoms. The average Bonchev–Trinajstić information content (AvgIpc) is 2.41. The van der Waals surface area contributed by atoms with Gasteiger partial charge in [-0.15, -0.1) is 0 Å². The molecule has 1 aromatic rings. The van der Waals surface area contributed by atoms with Gasteiger partial charge in [0.25, 0.3) is 10.2 Å². The lowest BCUT2D eigenvalue weighted by atomic mass is 9.91. The molecular weight excluding hydrogens is 291 g/mol. The Morgan fingerprint density at radius 1 is 1.24 bits per heavy atom. The van der Waals surface area contributed by atoms with Gasteiger partial charge < -0.3 is 0 Å². The molecule has 0 amide bonds. The SMILES string of the molecule is CC(C)NS(=O)(=O)N1CCC(Cc2ccc(F)cc2)CC1. The molecule has 4 nitrogen and oxygen atoms in total. The van der Waals surface area contributed by atoms with Crippen LogP contribution in [0.25, 0.3) is 0 Å². The normalized spacial score (nSPS) is 18.3. The van der Waals surface area contributed by atoms with Crippen molar-refractivity contribution in [2.24, 2.45) is 5.92 Å². The van der Waals surface area contributed by atoms with E-state index in [1.807, 2.05) is 13.8 Å². The standard InChI is InChI=1S/C15H23FN2O2S/c1-12(2)17-21(19,20)18-9-7-14(8-10-18)11-13-3-5-15(16)6-4-13/h3-6,12,14,17H,7-11H2,1-2H3. The molecule has 2 rings (SSSR count). The maximum absolute atomic E-state index is 12.9. The highest BCUT2D eigenvalue weighted by atomic mass is 32.2. The molecule has 0 aliphatic carbocycles. The van der Waals surface area contributed by atoms with Crippen molar-refractivity contribution in [1.29, 1.82) is 0 Å². The number of benzene rings is 1. The summed E-state index contributed by atoms with van der Waals surface area (Å²) in [4.78, 5) is 0. The highest BCUT2D eigenvalue weighted by Crippen LogP contribution is 2.23. The third kappa shape index (κ3) is 4.76. The number of hydrogen-bond donors (Lipinski definition) is 1. The van der Waals surface area contributed by atoms with Gasteiger partial charge in [0.05, 0.1) is 0 Å². The molecule has 1 aliphatic rings. The summed E-state index contributed by atoms with van der Waals surface area (Å²) in [6.45, 7) is 4.74. The molecular formula is C15H23FN2O2S. The second kappa shape index (κ2) is 6.85. The van der Waals surface area contributed by atoms with Crippen LogP contribution in [0.3, 0.4) is 0 Å². The second-order valence-corrected chi connectivity index (χ2v) is 7.65. The summed E-state index contributed by atoms with van der Waals surface area (Å²) in [6, 6.07) is 6.47. The molecule has 0 spiro atoms. The van der Waals surface area contributed by atoms with Gasteiger partial charge >= 0.3 is 0 Å². The Morgan fingerprint density at radius 2 is 1.81 bits per heavy atom. The molecule has 1 heterocycles. The van der Waals surface area contributed by atoms with E-state index in [0.717, 1.165) is 24.8 Å². The summed E-state index contributed by atoms with van der Waals surface area (Å²) < 4.78 is 41.2. The third-order valence-corrected chi connectivity index (χ3v) is 5.55. The van der Waals surface area contributed by atoms with Crippen LogP contribution in [0.2, 0.25) is 0 Å². The number of hydrogen-bond acceptors (Lipinski definition) is 2. The molecule has 0 radical (unpaired) electrons. The van der Waals surface area contributed by atoms with E-state index in [9.17, 15) is 12.8 Å². The summed E-state index contributed by atoms with van der Waals surface area (Å²) in [5, 5.41) is 0. The fourth-order valence-electron chi connectivity index (χ4n) is 2.68. The van der Waals surface area contributed by atoms with Crippen molar-refractivity contribution in [2.45, 2.75) is 39.2 Å². The van der Waals surface area contributed by atoms with Gasteiger partial charge in [0.1, 0.15) is 5.82 Å². The fraction of sp³-hybridized carbons (Fsp3) is 0.600. The van der Waals surface area contributed by atoms with E-state index in [2.05, 4.69) is 4.72 Å². The molecule has 0 aromatic heterocycles. The molecule has 0 unspecified atom stereocenters. The van der Waals surface area contributed by atoms with Gasteiger partial charge in [0.2, 0.25) is 0 Å². The van der Waals surface area contributed by atoms with E-state index >= 15 is 0 Å². The minimum Gasteiger partial charge on any atom is -0.207 e. The Kier molecular flexibility index (Phi) is 5.35. The second-order valence-electron chi connectivity index (χ2n) is 5.95. The van der Waals surface area contributed by atoms with Crippen molar-refractivity contribution in [3.05, 3.63) is 35.6 Å². The molecule has 1 saturated heterocycles. The predicted octanol–water partition coefficient (Wildman–Crippen LogP) is 2.32. The van der Waals surface area contributed by atoms with Crippen LogP contribution in [0.4, 0.5) is 4.39 Å². The lowest BCUT2D eigenvalue weighted by Crippen LogP contribution is -2.47. The van der Waals surface area contributed by atoms with Crippen LogP contribution in [0.15, 0.2) is 24.3 Å². The van der Waals surface area contributed by atoms with Gasteiger partial charge in [-0.05, 0) is 56.7 Å². The lowest BCUT2D eigenvalue weighted by Gasteiger charge is -2.31. The molecule has 1 aromatic carbocycles. The number of halogens is 1. The molecule has 0 bridgehead atoms. The van der Waals surface area contributed by atoms with Crippen molar-refractivity contribution >= 4 is 10.2 Å². The molecule has 0 saturated carbocycles. The maximum atomic E-state index is 12.9. The Labute approximate surface area is 126 Å². The quantitative estimate of drug-likeness (QED) is 0.907. The fourth-order valence-corrected chi connectivity index (χ4v) is 4.12. The van der Waals surface area contributed by atoms with Crippen LogP contribution in [0.5, 0.6) is 0 Å². The molecule has 6 heteroatoms. The number of rotatable bonds is 5. The van der Waals surface area contributed by atoms with Crippen LogP contribution in [0, 0.1) is 11.7 Å². The predicted molar refractivity (Wildman–Crippen MR) is 81.6 cm³/mol. The summed E-state index contributed by atoms with van der Waals surface area (Å²) in [5.74, 6) is 0.236. The summed E-state index contributed by atoms with van der Waals surface area (Å²) >= 11 is 0. The van der Waals surface area contributed by atoms with E-state index < -0.39 is 10.2 Å². The van der Waals surface area contributed by atoms with Crippen LogP contribution >= 0.6 is 0 Å². The van der Waals surface area contributed by atoms with E-state index in [1.165, 1.54) is 16.4 Å².